The lowest BCUT2D eigenvalue weighted by Crippen LogP contribution is -2.42. The zero-order valence-electron chi connectivity index (χ0n) is 20.5. The highest BCUT2D eigenvalue weighted by Gasteiger charge is 2.35. The van der Waals surface area contributed by atoms with E-state index in [2.05, 4.69) is 10.3 Å². The minimum absolute atomic E-state index is 0.0424. The summed E-state index contributed by atoms with van der Waals surface area (Å²) < 4.78 is 7.53. The van der Waals surface area contributed by atoms with Gasteiger partial charge in [-0.3, -0.25) is 9.59 Å². The van der Waals surface area contributed by atoms with E-state index in [0.717, 1.165) is 11.3 Å². The quantitative estimate of drug-likeness (QED) is 0.350. The van der Waals surface area contributed by atoms with E-state index in [0.29, 0.717) is 32.1 Å². The third kappa shape index (κ3) is 5.27. The van der Waals surface area contributed by atoms with Crippen molar-refractivity contribution in [2.45, 2.75) is 12.6 Å². The van der Waals surface area contributed by atoms with Crippen molar-refractivity contribution >= 4 is 17.8 Å². The molecule has 0 saturated carbocycles. The fraction of sp³-hybridized carbons (Fsp3) is 0.172. The smallest absolute Gasteiger partial charge is 0.335 e. The Morgan fingerprint density at radius 2 is 1.63 bits per heavy atom. The Balaban J connectivity index is 1.37. The Morgan fingerprint density at radius 3 is 2.37 bits per heavy atom. The van der Waals surface area contributed by atoms with E-state index in [1.54, 1.807) is 23.2 Å². The van der Waals surface area contributed by atoms with Crippen LogP contribution in [0.1, 0.15) is 48.6 Å². The lowest BCUT2D eigenvalue weighted by molar-refractivity contribution is 0.0658. The van der Waals surface area contributed by atoms with Gasteiger partial charge >= 0.3 is 5.97 Å². The third-order valence-corrected chi connectivity index (χ3v) is 6.31. The molecule has 0 fully saturated rings. The molecule has 1 unspecified atom stereocenters. The van der Waals surface area contributed by atoms with Crippen LogP contribution < -0.4 is 10.1 Å². The van der Waals surface area contributed by atoms with Gasteiger partial charge in [-0.15, -0.1) is 0 Å². The van der Waals surface area contributed by atoms with Crippen LogP contribution in [0, 0.1) is 0 Å². The first kappa shape index (κ1) is 24.8. The van der Waals surface area contributed by atoms with Crippen LogP contribution >= 0.6 is 0 Å². The number of aromatic carboxylic acids is 1. The van der Waals surface area contributed by atoms with E-state index >= 15 is 0 Å². The van der Waals surface area contributed by atoms with Crippen LogP contribution in [0.15, 0.2) is 91.1 Å². The maximum atomic E-state index is 13.6. The second-order valence-corrected chi connectivity index (χ2v) is 8.79. The first-order valence-electron chi connectivity index (χ1n) is 12.2. The molecule has 0 saturated heterocycles. The number of para-hydroxylation sites is 1. The summed E-state index contributed by atoms with van der Waals surface area (Å²) in [6, 6.07) is 24.3. The first-order chi connectivity index (χ1) is 18.5. The number of nitrogens with one attached hydrogen (secondary N) is 1. The summed E-state index contributed by atoms with van der Waals surface area (Å²) in [6.45, 7) is 1.43. The second-order valence-electron chi connectivity index (χ2n) is 8.79. The Hall–Kier alpha value is -4.92. The number of imidazole rings is 1. The number of carbonyl (C=O) groups is 3. The highest BCUT2D eigenvalue weighted by molar-refractivity contribution is 5.98. The van der Waals surface area contributed by atoms with Gasteiger partial charge in [-0.05, 0) is 35.9 Å². The van der Waals surface area contributed by atoms with Gasteiger partial charge in [0.15, 0.2) is 0 Å². The Bertz CT molecular complexity index is 1450. The standard InChI is InChI=1S/C29H26N4O5/c34-27(30-14-17-38-23-12-5-2-6-13-23)24-19-32-15-16-33(25(26(32)31-24)20-8-3-1-4-9-20)28(35)21-10-7-11-22(18-21)29(36)37/h1-13,18-19,25H,14-17H2,(H,30,34)(H,36,37). The van der Waals surface area contributed by atoms with Crippen LogP contribution in [0.4, 0.5) is 0 Å². The van der Waals surface area contributed by atoms with Gasteiger partial charge in [0.25, 0.3) is 11.8 Å². The predicted molar refractivity (Wildman–Crippen MR) is 139 cm³/mol. The fourth-order valence-electron chi connectivity index (χ4n) is 4.50. The number of nitrogens with zero attached hydrogens (tertiary/aromatic N) is 3. The zero-order valence-corrected chi connectivity index (χ0v) is 20.5. The zero-order chi connectivity index (χ0) is 26.5. The third-order valence-electron chi connectivity index (χ3n) is 6.31. The Labute approximate surface area is 219 Å². The maximum absolute atomic E-state index is 13.6. The highest BCUT2D eigenvalue weighted by Crippen LogP contribution is 2.33. The molecule has 0 bridgehead atoms. The van der Waals surface area contributed by atoms with Gasteiger partial charge in [-0.1, -0.05) is 54.6 Å². The molecule has 4 aromatic rings. The summed E-state index contributed by atoms with van der Waals surface area (Å²) in [6.07, 6.45) is 1.70. The predicted octanol–water partition coefficient (Wildman–Crippen LogP) is 3.64. The van der Waals surface area contributed by atoms with Crippen LogP contribution in [0.25, 0.3) is 0 Å². The number of amides is 2. The molecule has 9 heteroatoms. The second kappa shape index (κ2) is 11.0. The number of carboxylic acid groups (broad SMARTS) is 1. The van der Waals surface area contributed by atoms with E-state index < -0.39 is 12.0 Å². The fourth-order valence-corrected chi connectivity index (χ4v) is 4.50. The van der Waals surface area contributed by atoms with E-state index in [4.69, 9.17) is 4.74 Å². The van der Waals surface area contributed by atoms with Crippen LogP contribution in [-0.2, 0) is 6.54 Å². The van der Waals surface area contributed by atoms with Gasteiger partial charge in [0.1, 0.15) is 29.9 Å². The summed E-state index contributed by atoms with van der Waals surface area (Å²) >= 11 is 0. The molecule has 38 heavy (non-hydrogen) atoms. The molecule has 0 aliphatic carbocycles. The first-order valence-corrected chi connectivity index (χ1v) is 12.2. The molecule has 2 N–H and O–H groups in total. The molecular weight excluding hydrogens is 484 g/mol. The number of hydrogen-bond acceptors (Lipinski definition) is 5. The molecule has 9 nitrogen and oxygen atoms in total. The molecule has 3 aromatic carbocycles. The number of hydrogen-bond donors (Lipinski definition) is 2. The van der Waals surface area contributed by atoms with Crippen molar-refractivity contribution in [1.29, 1.82) is 0 Å². The number of carbonyl (C=O) groups excluding carboxylic acids is 2. The van der Waals surface area contributed by atoms with E-state index in [1.165, 1.54) is 12.1 Å². The lowest BCUT2D eigenvalue weighted by atomic mass is 10.0. The summed E-state index contributed by atoms with van der Waals surface area (Å²) in [7, 11) is 0. The number of rotatable bonds is 8. The van der Waals surface area contributed by atoms with Crippen molar-refractivity contribution in [3.63, 3.8) is 0 Å². The van der Waals surface area contributed by atoms with Crippen molar-refractivity contribution in [1.82, 2.24) is 19.8 Å². The summed E-state index contributed by atoms with van der Waals surface area (Å²) in [5.41, 5.74) is 1.41. The molecule has 2 amide bonds. The van der Waals surface area contributed by atoms with Crippen LogP contribution in [0.2, 0.25) is 0 Å². The monoisotopic (exact) mass is 510 g/mol. The normalized spacial score (nSPS) is 14.4. The SMILES string of the molecule is O=C(O)c1cccc(C(=O)N2CCn3cc(C(=O)NCCOc4ccccc4)nc3C2c2ccccc2)c1. The number of ether oxygens (including phenoxy) is 1. The molecule has 1 aliphatic heterocycles. The number of carboxylic acids is 1. The molecule has 0 spiro atoms. The van der Waals surface area contributed by atoms with Crippen LogP contribution in [0.3, 0.4) is 0 Å². The maximum Gasteiger partial charge on any atom is 0.335 e. The molecule has 1 aliphatic rings. The number of aromatic nitrogens is 2. The van der Waals surface area contributed by atoms with Gasteiger partial charge in [0.05, 0.1) is 12.1 Å². The van der Waals surface area contributed by atoms with Gasteiger partial charge < -0.3 is 24.6 Å². The highest BCUT2D eigenvalue weighted by atomic mass is 16.5. The van der Waals surface area contributed by atoms with Crippen molar-refractivity contribution in [3.8, 4) is 5.75 Å². The molecule has 1 atom stereocenters. The van der Waals surface area contributed by atoms with Crippen molar-refractivity contribution in [2.75, 3.05) is 19.7 Å². The van der Waals surface area contributed by atoms with E-state index in [9.17, 15) is 19.5 Å². The molecule has 192 valence electrons. The van der Waals surface area contributed by atoms with Crippen molar-refractivity contribution in [2.24, 2.45) is 0 Å². The number of benzene rings is 3. The minimum atomic E-state index is -1.10. The minimum Gasteiger partial charge on any atom is -0.492 e. The molecule has 2 heterocycles. The topological polar surface area (TPSA) is 114 Å². The lowest BCUT2D eigenvalue weighted by Gasteiger charge is -2.36. The van der Waals surface area contributed by atoms with Crippen LogP contribution in [-0.4, -0.2) is 57.0 Å². The Morgan fingerprint density at radius 1 is 0.921 bits per heavy atom. The average molecular weight is 511 g/mol. The summed E-state index contributed by atoms with van der Waals surface area (Å²) in [5, 5.41) is 12.2. The van der Waals surface area contributed by atoms with Gasteiger partial charge in [0.2, 0.25) is 0 Å². The van der Waals surface area contributed by atoms with Gasteiger partial charge in [-0.25, -0.2) is 9.78 Å². The number of fused-ring (bicyclic) bond motifs is 1. The molecular formula is C29H26N4O5. The largest absolute Gasteiger partial charge is 0.492 e. The van der Waals surface area contributed by atoms with Crippen LogP contribution in [0.5, 0.6) is 5.75 Å². The van der Waals surface area contributed by atoms with Gasteiger partial charge in [-0.2, -0.15) is 0 Å². The van der Waals surface area contributed by atoms with E-state index in [1.807, 2.05) is 65.2 Å². The Kier molecular flexibility index (Phi) is 7.17. The molecule has 1 aromatic heterocycles. The molecule has 0 radical (unpaired) electrons. The van der Waals surface area contributed by atoms with Gasteiger partial charge in [0, 0.05) is 24.8 Å². The summed E-state index contributed by atoms with van der Waals surface area (Å²) in [4.78, 5) is 44.2. The van der Waals surface area contributed by atoms with Crippen molar-refractivity contribution in [3.05, 3.63) is 119 Å². The van der Waals surface area contributed by atoms with Crippen molar-refractivity contribution < 1.29 is 24.2 Å². The summed E-state index contributed by atoms with van der Waals surface area (Å²) in [5.74, 6) is -0.444. The average Bonchev–Trinajstić information content (AvgIpc) is 3.40. The van der Waals surface area contributed by atoms with E-state index in [-0.39, 0.29) is 28.6 Å². The molecule has 5 rings (SSSR count).